The molecule has 0 radical (unpaired) electrons. The zero-order chi connectivity index (χ0) is 32.4. The molecule has 10 heteroatoms. The smallest absolute Gasteiger partial charge is 0.243 e. The Labute approximate surface area is 272 Å². The number of benzene rings is 3. The molecular formula is C35H44ClN3O5S. The number of anilines is 1. The highest BCUT2D eigenvalue weighted by atomic mass is 35.5. The van der Waals surface area contributed by atoms with E-state index in [0.29, 0.717) is 17.9 Å². The van der Waals surface area contributed by atoms with Crippen LogP contribution < -0.4 is 14.4 Å². The Morgan fingerprint density at radius 2 is 1.69 bits per heavy atom. The molecule has 0 aromatic heterocycles. The van der Waals surface area contributed by atoms with E-state index < -0.39 is 16.1 Å². The first-order valence-electron chi connectivity index (χ1n) is 15.6. The molecule has 1 atom stereocenters. The number of methoxy groups -OCH3 is 1. The van der Waals surface area contributed by atoms with Crippen molar-refractivity contribution in [3.05, 3.63) is 94.5 Å². The van der Waals surface area contributed by atoms with Gasteiger partial charge in [0.1, 0.15) is 11.8 Å². The van der Waals surface area contributed by atoms with Gasteiger partial charge in [0, 0.05) is 32.0 Å². The molecule has 4 rings (SSSR count). The number of rotatable bonds is 14. The minimum atomic E-state index is -3.67. The lowest BCUT2D eigenvalue weighted by Crippen LogP contribution is -2.53. The maximum Gasteiger partial charge on any atom is 0.243 e. The van der Waals surface area contributed by atoms with Crippen molar-refractivity contribution in [3.8, 4) is 5.75 Å². The van der Waals surface area contributed by atoms with Crippen LogP contribution in [-0.2, 0) is 32.6 Å². The largest absolute Gasteiger partial charge is 0.495 e. The molecule has 0 saturated heterocycles. The van der Waals surface area contributed by atoms with Crippen LogP contribution in [0.25, 0.3) is 0 Å². The van der Waals surface area contributed by atoms with E-state index in [0.717, 1.165) is 48.6 Å². The summed E-state index contributed by atoms with van der Waals surface area (Å²) in [4.78, 5) is 29.8. The van der Waals surface area contributed by atoms with Gasteiger partial charge < -0.3 is 15.0 Å². The van der Waals surface area contributed by atoms with Crippen LogP contribution in [0, 0.1) is 6.92 Å². The van der Waals surface area contributed by atoms with E-state index >= 15 is 0 Å². The van der Waals surface area contributed by atoms with Gasteiger partial charge in [-0.3, -0.25) is 13.9 Å². The molecule has 0 unspecified atom stereocenters. The fraction of sp³-hybridized carbons (Fsp3) is 0.429. The molecule has 1 N–H and O–H groups in total. The van der Waals surface area contributed by atoms with Gasteiger partial charge >= 0.3 is 0 Å². The van der Waals surface area contributed by atoms with Crippen LogP contribution in [0.15, 0.2) is 72.8 Å². The Bertz CT molecular complexity index is 1540. The van der Waals surface area contributed by atoms with Crippen LogP contribution in [0.5, 0.6) is 5.75 Å². The number of ether oxygens (including phenoxy) is 1. The zero-order valence-electron chi connectivity index (χ0n) is 26.4. The SMILES string of the molecule is COc1ccc(N(CCCC(=O)N(Cc2ccccc2C)[C@@H](Cc2ccccc2)C(=O)NC2CCCCC2)S(C)(=O)=O)cc1Cl. The van der Waals surface area contributed by atoms with Gasteiger partial charge in [-0.15, -0.1) is 0 Å². The fourth-order valence-electron chi connectivity index (χ4n) is 5.88. The first-order chi connectivity index (χ1) is 21.6. The Balaban J connectivity index is 1.60. The minimum absolute atomic E-state index is 0.0593. The third-order valence-corrected chi connectivity index (χ3v) is 9.89. The molecule has 1 aliphatic rings. The summed E-state index contributed by atoms with van der Waals surface area (Å²) in [5.74, 6) is 0.0735. The number of carbonyl (C=O) groups is 2. The Morgan fingerprint density at radius 3 is 2.33 bits per heavy atom. The van der Waals surface area contributed by atoms with E-state index in [1.807, 2.05) is 61.5 Å². The summed E-state index contributed by atoms with van der Waals surface area (Å²) in [7, 11) is -2.18. The molecule has 1 aliphatic carbocycles. The first kappa shape index (κ1) is 34.3. The third-order valence-electron chi connectivity index (χ3n) is 8.40. The van der Waals surface area contributed by atoms with Crippen LogP contribution in [0.4, 0.5) is 5.69 Å². The van der Waals surface area contributed by atoms with Gasteiger partial charge in [-0.2, -0.15) is 0 Å². The average Bonchev–Trinajstić information content (AvgIpc) is 3.02. The molecule has 8 nitrogen and oxygen atoms in total. The number of nitrogens with zero attached hydrogens (tertiary/aromatic N) is 2. The second-order valence-corrected chi connectivity index (χ2v) is 14.1. The van der Waals surface area contributed by atoms with Gasteiger partial charge in [-0.05, 0) is 61.1 Å². The summed E-state index contributed by atoms with van der Waals surface area (Å²) in [5, 5.41) is 3.55. The van der Waals surface area contributed by atoms with E-state index in [-0.39, 0.29) is 48.8 Å². The van der Waals surface area contributed by atoms with Crippen molar-refractivity contribution in [3.63, 3.8) is 0 Å². The lowest BCUT2D eigenvalue weighted by atomic mass is 9.94. The second-order valence-electron chi connectivity index (χ2n) is 11.8. The Kier molecular flexibility index (Phi) is 12.3. The number of nitrogens with one attached hydrogen (secondary N) is 1. The highest BCUT2D eigenvalue weighted by Crippen LogP contribution is 2.30. The van der Waals surface area contributed by atoms with Crippen molar-refractivity contribution in [1.82, 2.24) is 10.2 Å². The predicted octanol–water partition coefficient (Wildman–Crippen LogP) is 6.29. The summed E-state index contributed by atoms with van der Waals surface area (Å²) in [6, 6.07) is 21.8. The first-order valence-corrected chi connectivity index (χ1v) is 17.8. The predicted molar refractivity (Wildman–Crippen MR) is 180 cm³/mol. The van der Waals surface area contributed by atoms with Gasteiger partial charge in [-0.25, -0.2) is 8.42 Å². The summed E-state index contributed by atoms with van der Waals surface area (Å²) >= 11 is 6.30. The van der Waals surface area contributed by atoms with E-state index in [9.17, 15) is 18.0 Å². The van der Waals surface area contributed by atoms with Crippen molar-refractivity contribution in [2.24, 2.45) is 0 Å². The summed E-state index contributed by atoms with van der Waals surface area (Å²) in [6.45, 7) is 2.34. The molecule has 242 valence electrons. The van der Waals surface area contributed by atoms with Gasteiger partial charge in [0.2, 0.25) is 21.8 Å². The molecule has 3 aromatic rings. The third kappa shape index (κ3) is 9.71. The number of amides is 2. The molecule has 1 saturated carbocycles. The van der Waals surface area contributed by atoms with Gasteiger partial charge in [0.05, 0.1) is 24.1 Å². The van der Waals surface area contributed by atoms with Crippen molar-refractivity contribution in [2.45, 2.75) is 76.9 Å². The van der Waals surface area contributed by atoms with Crippen molar-refractivity contribution in [2.75, 3.05) is 24.2 Å². The fourth-order valence-corrected chi connectivity index (χ4v) is 7.09. The standard InChI is InChI=1S/C35H44ClN3O5S/c1-26-13-10-11-16-28(26)25-38(32(23-27-14-6-4-7-15-27)35(41)37-29-17-8-5-9-18-29)34(40)19-12-22-39(45(3,42)43)30-20-21-33(44-2)31(36)24-30/h4,6-7,10-11,13-16,20-21,24,29,32H,5,8-9,12,17-19,22-23,25H2,1-3H3,(H,37,41)/t32-/m0/s1. The van der Waals surface area contributed by atoms with Crippen LogP contribution in [0.3, 0.4) is 0 Å². The van der Waals surface area contributed by atoms with Crippen LogP contribution in [0.2, 0.25) is 5.02 Å². The molecule has 0 aliphatic heterocycles. The topological polar surface area (TPSA) is 96.0 Å². The number of aryl methyl sites for hydroxylation is 1. The van der Waals surface area contributed by atoms with E-state index in [1.165, 1.54) is 17.8 Å². The number of halogens is 1. The lowest BCUT2D eigenvalue weighted by Gasteiger charge is -2.34. The molecule has 1 fully saturated rings. The normalized spacial score (nSPS) is 14.4. The highest BCUT2D eigenvalue weighted by molar-refractivity contribution is 7.92. The molecule has 3 aromatic carbocycles. The number of sulfonamides is 1. The average molecular weight is 654 g/mol. The lowest BCUT2D eigenvalue weighted by molar-refractivity contribution is -0.141. The van der Waals surface area contributed by atoms with E-state index in [2.05, 4.69) is 5.32 Å². The monoisotopic (exact) mass is 653 g/mol. The number of carbonyl (C=O) groups excluding carboxylic acids is 2. The molecule has 2 amide bonds. The van der Waals surface area contributed by atoms with Gasteiger partial charge in [0.15, 0.2) is 0 Å². The van der Waals surface area contributed by atoms with E-state index in [4.69, 9.17) is 16.3 Å². The summed E-state index contributed by atoms with van der Waals surface area (Å²) in [6.07, 6.45) is 7.02. The van der Waals surface area contributed by atoms with Gasteiger partial charge in [0.25, 0.3) is 0 Å². The van der Waals surface area contributed by atoms with Crippen molar-refractivity contribution in [1.29, 1.82) is 0 Å². The number of hydrogen-bond donors (Lipinski definition) is 1. The minimum Gasteiger partial charge on any atom is -0.495 e. The maximum atomic E-state index is 14.1. The van der Waals surface area contributed by atoms with Crippen molar-refractivity contribution < 1.29 is 22.7 Å². The highest BCUT2D eigenvalue weighted by Gasteiger charge is 2.32. The Hall–Kier alpha value is -3.56. The molecule has 0 bridgehead atoms. The zero-order valence-corrected chi connectivity index (χ0v) is 27.9. The second kappa shape index (κ2) is 16.1. The maximum absolute atomic E-state index is 14.1. The molecule has 0 spiro atoms. The van der Waals surface area contributed by atoms with Crippen LogP contribution in [0.1, 0.15) is 61.6 Å². The molecular weight excluding hydrogens is 610 g/mol. The summed E-state index contributed by atoms with van der Waals surface area (Å²) < 4.78 is 32.0. The Morgan fingerprint density at radius 1 is 1.00 bits per heavy atom. The van der Waals surface area contributed by atoms with Gasteiger partial charge in [-0.1, -0.05) is 85.5 Å². The van der Waals surface area contributed by atoms with E-state index in [1.54, 1.807) is 23.1 Å². The quantitative estimate of drug-likeness (QED) is 0.221. The molecule has 45 heavy (non-hydrogen) atoms. The van der Waals surface area contributed by atoms with Crippen LogP contribution in [-0.4, -0.2) is 57.1 Å². The van der Waals surface area contributed by atoms with Crippen molar-refractivity contribution >= 4 is 39.1 Å². The summed E-state index contributed by atoms with van der Waals surface area (Å²) in [5.41, 5.74) is 3.34. The molecule has 0 heterocycles. The number of hydrogen-bond acceptors (Lipinski definition) is 5. The van der Waals surface area contributed by atoms with Crippen LogP contribution >= 0.6 is 11.6 Å².